The van der Waals surface area contributed by atoms with Gasteiger partial charge in [-0.3, -0.25) is 15.0 Å². The van der Waals surface area contributed by atoms with Gasteiger partial charge in [-0.2, -0.15) is 5.01 Å². The van der Waals surface area contributed by atoms with Crippen molar-refractivity contribution in [3.05, 3.63) is 35.9 Å². The summed E-state index contributed by atoms with van der Waals surface area (Å²) in [4.78, 5) is 37.5. The van der Waals surface area contributed by atoms with Crippen molar-refractivity contribution in [2.24, 2.45) is 0 Å². The first-order valence-electron chi connectivity index (χ1n) is 9.79. The standard InChI is InChI=1S/C19H22N6O4S2/c1-19(12-6-3-2-4-7-12)15(27)25(17(28)21-19)24-14(26)11-30-18-23-22-16(31-18)20-10-13-8-5-9-29-13/h2-4,6-7,13H,5,8-11H2,1H3,(H,20,22)(H,21,28)(H,24,26)/t13-,19-/m0/s1. The molecule has 3 N–H and O–H groups in total. The Hall–Kier alpha value is -2.70. The van der Waals surface area contributed by atoms with Crippen molar-refractivity contribution in [2.45, 2.75) is 35.7 Å². The van der Waals surface area contributed by atoms with Gasteiger partial charge in [0.15, 0.2) is 4.34 Å². The Bertz CT molecular complexity index is 965. The van der Waals surface area contributed by atoms with Crippen LogP contribution >= 0.6 is 23.1 Å². The second-order valence-corrected chi connectivity index (χ2v) is 9.47. The van der Waals surface area contributed by atoms with E-state index in [2.05, 4.69) is 26.3 Å². The number of imide groups is 1. The quantitative estimate of drug-likeness (QED) is 0.400. The fraction of sp³-hybridized carbons (Fsp3) is 0.421. The summed E-state index contributed by atoms with van der Waals surface area (Å²) >= 11 is 2.51. The van der Waals surface area contributed by atoms with Crippen molar-refractivity contribution in [3.8, 4) is 0 Å². The van der Waals surface area contributed by atoms with Gasteiger partial charge in [-0.1, -0.05) is 53.4 Å². The van der Waals surface area contributed by atoms with Crippen molar-refractivity contribution in [2.75, 3.05) is 24.2 Å². The average molecular weight is 463 g/mol. The molecule has 31 heavy (non-hydrogen) atoms. The molecule has 1 aromatic heterocycles. The maximum Gasteiger partial charge on any atom is 0.344 e. The smallest absolute Gasteiger partial charge is 0.344 e. The van der Waals surface area contributed by atoms with Crippen LogP contribution in [-0.4, -0.2) is 58.1 Å². The van der Waals surface area contributed by atoms with Gasteiger partial charge in [0.1, 0.15) is 5.54 Å². The first-order chi connectivity index (χ1) is 15.0. The number of nitrogens with zero attached hydrogens (tertiary/aromatic N) is 3. The molecule has 0 saturated carbocycles. The molecule has 0 unspecified atom stereocenters. The highest BCUT2D eigenvalue weighted by Crippen LogP contribution is 2.28. The zero-order valence-corrected chi connectivity index (χ0v) is 18.4. The number of amides is 4. The summed E-state index contributed by atoms with van der Waals surface area (Å²) in [5, 5.41) is 15.3. The van der Waals surface area contributed by atoms with Gasteiger partial charge in [0.05, 0.1) is 11.9 Å². The third-order valence-corrected chi connectivity index (χ3v) is 7.03. The first-order valence-corrected chi connectivity index (χ1v) is 11.6. The minimum absolute atomic E-state index is 0.0144. The van der Waals surface area contributed by atoms with Gasteiger partial charge >= 0.3 is 6.03 Å². The number of aromatic nitrogens is 2. The van der Waals surface area contributed by atoms with Crippen LogP contribution in [0, 0.1) is 0 Å². The van der Waals surface area contributed by atoms with E-state index in [9.17, 15) is 14.4 Å². The number of rotatable bonds is 8. The van der Waals surface area contributed by atoms with E-state index in [1.54, 1.807) is 31.2 Å². The Morgan fingerprint density at radius 3 is 2.90 bits per heavy atom. The number of hydrogen-bond acceptors (Lipinski definition) is 9. The van der Waals surface area contributed by atoms with E-state index < -0.39 is 23.4 Å². The predicted molar refractivity (Wildman–Crippen MR) is 115 cm³/mol. The fourth-order valence-corrected chi connectivity index (χ4v) is 4.89. The molecule has 2 atom stereocenters. The van der Waals surface area contributed by atoms with Gasteiger partial charge in [-0.05, 0) is 25.3 Å². The van der Waals surface area contributed by atoms with Crippen LogP contribution < -0.4 is 16.1 Å². The Morgan fingerprint density at radius 2 is 2.16 bits per heavy atom. The number of anilines is 1. The zero-order chi connectivity index (χ0) is 21.8. The van der Waals surface area contributed by atoms with Crippen LogP contribution in [0.4, 0.5) is 9.93 Å². The Balaban J connectivity index is 1.28. The molecule has 2 aliphatic heterocycles. The number of nitrogens with one attached hydrogen (secondary N) is 3. The normalized spacial score (nSPS) is 23.1. The van der Waals surface area contributed by atoms with Gasteiger partial charge in [0.2, 0.25) is 11.0 Å². The summed E-state index contributed by atoms with van der Waals surface area (Å²) in [5.74, 6) is -1.05. The minimum Gasteiger partial charge on any atom is -0.376 e. The maximum atomic E-state index is 12.8. The number of hydrazine groups is 1. The molecule has 2 aromatic rings. The molecule has 10 nitrogen and oxygen atoms in total. The van der Waals surface area contributed by atoms with Crippen LogP contribution in [0.1, 0.15) is 25.3 Å². The maximum absolute atomic E-state index is 12.8. The van der Waals surface area contributed by atoms with Crippen LogP contribution in [0.25, 0.3) is 0 Å². The van der Waals surface area contributed by atoms with Crippen molar-refractivity contribution < 1.29 is 19.1 Å². The summed E-state index contributed by atoms with van der Waals surface area (Å²) in [6, 6.07) is 8.21. The molecule has 164 valence electrons. The molecule has 12 heteroatoms. The molecule has 2 saturated heterocycles. The minimum atomic E-state index is -1.23. The summed E-state index contributed by atoms with van der Waals surface area (Å²) in [6.07, 6.45) is 2.29. The SMILES string of the molecule is C[C@@]1(c2ccccc2)NC(=O)N(NC(=O)CSc2nnc(NC[C@@H]3CCCO3)s2)C1=O. The Labute approximate surface area is 187 Å². The lowest BCUT2D eigenvalue weighted by atomic mass is 9.92. The average Bonchev–Trinajstić information content (AvgIpc) is 3.50. The van der Waals surface area contributed by atoms with E-state index in [0.717, 1.165) is 24.5 Å². The summed E-state index contributed by atoms with van der Waals surface area (Å²) < 4.78 is 6.16. The number of hydrogen-bond donors (Lipinski definition) is 3. The Morgan fingerprint density at radius 1 is 1.35 bits per heavy atom. The molecule has 2 aliphatic rings. The van der Waals surface area contributed by atoms with Gasteiger partial charge in [0, 0.05) is 13.2 Å². The van der Waals surface area contributed by atoms with E-state index in [1.165, 1.54) is 23.1 Å². The summed E-state index contributed by atoms with van der Waals surface area (Å²) in [7, 11) is 0. The van der Waals surface area contributed by atoms with E-state index in [0.29, 0.717) is 21.6 Å². The van der Waals surface area contributed by atoms with Crippen LogP contribution in [-0.2, 0) is 19.9 Å². The lowest BCUT2D eigenvalue weighted by molar-refractivity contribution is -0.138. The highest BCUT2D eigenvalue weighted by atomic mass is 32.2. The third-order valence-electron chi connectivity index (χ3n) is 5.02. The molecular formula is C19H22N6O4S2. The largest absolute Gasteiger partial charge is 0.376 e. The molecule has 1 aromatic carbocycles. The van der Waals surface area contributed by atoms with Crippen molar-refractivity contribution in [1.82, 2.24) is 25.9 Å². The van der Waals surface area contributed by atoms with Gasteiger partial charge < -0.3 is 15.4 Å². The van der Waals surface area contributed by atoms with Crippen LogP contribution in [0.5, 0.6) is 0 Å². The molecule has 0 spiro atoms. The molecular weight excluding hydrogens is 440 g/mol. The molecule has 4 rings (SSSR count). The number of carbonyl (C=O) groups excluding carboxylic acids is 3. The highest BCUT2D eigenvalue weighted by molar-refractivity contribution is 8.01. The van der Waals surface area contributed by atoms with Crippen LogP contribution in [0.3, 0.4) is 0 Å². The second-order valence-electron chi connectivity index (χ2n) is 7.27. The van der Waals surface area contributed by atoms with Crippen molar-refractivity contribution >= 4 is 46.1 Å². The number of thioether (sulfide) groups is 1. The number of benzene rings is 1. The monoisotopic (exact) mass is 462 g/mol. The lowest BCUT2D eigenvalue weighted by Gasteiger charge is -2.22. The van der Waals surface area contributed by atoms with Crippen LogP contribution in [0.15, 0.2) is 34.7 Å². The van der Waals surface area contributed by atoms with E-state index in [4.69, 9.17) is 4.74 Å². The fourth-order valence-electron chi connectivity index (χ4n) is 3.34. The molecule has 2 fully saturated rings. The topological polar surface area (TPSA) is 126 Å². The van der Waals surface area contributed by atoms with Crippen LogP contribution in [0.2, 0.25) is 0 Å². The summed E-state index contributed by atoms with van der Waals surface area (Å²) in [5.41, 5.74) is 1.78. The van der Waals surface area contributed by atoms with Gasteiger partial charge in [0.25, 0.3) is 5.91 Å². The van der Waals surface area contributed by atoms with Gasteiger partial charge in [-0.15, -0.1) is 10.2 Å². The third kappa shape index (κ3) is 4.81. The Kier molecular flexibility index (Phi) is 6.39. The van der Waals surface area contributed by atoms with E-state index in [1.807, 2.05) is 6.07 Å². The zero-order valence-electron chi connectivity index (χ0n) is 16.8. The molecule has 0 aliphatic carbocycles. The van der Waals surface area contributed by atoms with Crippen molar-refractivity contribution in [3.63, 3.8) is 0 Å². The van der Waals surface area contributed by atoms with E-state index in [-0.39, 0.29) is 11.9 Å². The summed E-state index contributed by atoms with van der Waals surface area (Å²) in [6.45, 7) is 3.07. The van der Waals surface area contributed by atoms with E-state index >= 15 is 0 Å². The molecule has 0 radical (unpaired) electrons. The lowest BCUT2D eigenvalue weighted by Crippen LogP contribution is -2.48. The molecule has 4 amide bonds. The molecule has 0 bridgehead atoms. The molecule has 3 heterocycles. The number of urea groups is 1. The second kappa shape index (κ2) is 9.20. The first kappa shape index (κ1) is 21.5. The van der Waals surface area contributed by atoms with Gasteiger partial charge in [-0.25, -0.2) is 4.79 Å². The number of carbonyl (C=O) groups is 3. The predicted octanol–water partition coefficient (Wildman–Crippen LogP) is 1.72. The number of ether oxygens (including phenoxy) is 1. The highest BCUT2D eigenvalue weighted by Gasteiger charge is 2.49. The van der Waals surface area contributed by atoms with Crippen molar-refractivity contribution in [1.29, 1.82) is 0 Å².